The van der Waals surface area contributed by atoms with Crippen LogP contribution in [-0.2, 0) is 11.2 Å². The number of hydrogen-bond donors (Lipinski definition) is 2. The number of carbonyl (C=O) groups is 1. The molecule has 1 aliphatic heterocycles. The fraction of sp³-hybridized carbons (Fsp3) is 0.500. The van der Waals surface area contributed by atoms with E-state index in [0.717, 1.165) is 18.5 Å². The Kier molecular flexibility index (Phi) is 3.87. The second-order valence-corrected chi connectivity index (χ2v) is 5.00. The number of phenolic OH excluding ortho intramolecular Hbond substituents is 1. The first kappa shape index (κ1) is 12.9. The zero-order valence-electron chi connectivity index (χ0n) is 10.7. The first-order chi connectivity index (χ1) is 8.61. The Labute approximate surface area is 107 Å². The smallest absolute Gasteiger partial charge is 0.227 e. The van der Waals surface area contributed by atoms with Crippen LogP contribution in [0.1, 0.15) is 18.9 Å². The number of likely N-dealkylation sites (tertiary alicyclic amines) is 1. The molecule has 1 aromatic carbocycles. The average molecular weight is 248 g/mol. The highest BCUT2D eigenvalue weighted by Crippen LogP contribution is 2.24. The molecule has 0 aliphatic carbocycles. The topological polar surface area (TPSA) is 66.6 Å². The SMILES string of the molecule is CC1CCN(C(=O)Cc2cccc(O)c2)C1CN. The Morgan fingerprint density at radius 1 is 1.56 bits per heavy atom. The Balaban J connectivity index is 2.04. The lowest BCUT2D eigenvalue weighted by molar-refractivity contribution is -0.131. The monoisotopic (exact) mass is 248 g/mol. The van der Waals surface area contributed by atoms with Gasteiger partial charge in [-0.15, -0.1) is 0 Å². The maximum Gasteiger partial charge on any atom is 0.227 e. The summed E-state index contributed by atoms with van der Waals surface area (Å²) >= 11 is 0. The van der Waals surface area contributed by atoms with Gasteiger partial charge in [-0.1, -0.05) is 19.1 Å². The van der Waals surface area contributed by atoms with E-state index in [1.54, 1.807) is 18.2 Å². The second kappa shape index (κ2) is 5.40. The molecule has 2 unspecified atom stereocenters. The quantitative estimate of drug-likeness (QED) is 0.842. The molecule has 1 amide bonds. The molecule has 1 aliphatic rings. The highest BCUT2D eigenvalue weighted by Gasteiger charge is 2.32. The van der Waals surface area contributed by atoms with E-state index in [1.807, 2.05) is 11.0 Å². The van der Waals surface area contributed by atoms with Crippen LogP contribution < -0.4 is 5.73 Å². The van der Waals surface area contributed by atoms with E-state index in [0.29, 0.717) is 18.9 Å². The van der Waals surface area contributed by atoms with Crippen molar-refractivity contribution in [3.8, 4) is 5.75 Å². The second-order valence-electron chi connectivity index (χ2n) is 5.00. The zero-order valence-corrected chi connectivity index (χ0v) is 10.7. The number of aromatic hydroxyl groups is 1. The van der Waals surface area contributed by atoms with Crippen LogP contribution in [0.25, 0.3) is 0 Å². The minimum Gasteiger partial charge on any atom is -0.508 e. The number of phenols is 1. The van der Waals surface area contributed by atoms with Gasteiger partial charge in [0.25, 0.3) is 0 Å². The number of benzene rings is 1. The van der Waals surface area contributed by atoms with Crippen LogP contribution in [0, 0.1) is 5.92 Å². The van der Waals surface area contributed by atoms with E-state index < -0.39 is 0 Å². The summed E-state index contributed by atoms with van der Waals surface area (Å²) in [7, 11) is 0. The van der Waals surface area contributed by atoms with Crippen LogP contribution in [0.5, 0.6) is 5.75 Å². The third-order valence-corrected chi connectivity index (χ3v) is 3.71. The molecule has 98 valence electrons. The molecule has 0 aromatic heterocycles. The molecule has 0 radical (unpaired) electrons. The van der Waals surface area contributed by atoms with Crippen molar-refractivity contribution in [3.05, 3.63) is 29.8 Å². The standard InChI is InChI=1S/C14H20N2O2/c1-10-5-6-16(13(10)9-15)14(18)8-11-3-2-4-12(17)7-11/h2-4,7,10,13,17H,5-6,8-9,15H2,1H3. The van der Waals surface area contributed by atoms with Crippen LogP contribution in [-0.4, -0.2) is 35.0 Å². The molecule has 0 saturated carbocycles. The van der Waals surface area contributed by atoms with E-state index in [1.165, 1.54) is 0 Å². The van der Waals surface area contributed by atoms with Crippen molar-refractivity contribution in [1.29, 1.82) is 0 Å². The summed E-state index contributed by atoms with van der Waals surface area (Å²) in [6.45, 7) is 3.45. The Bertz CT molecular complexity index is 434. The van der Waals surface area contributed by atoms with E-state index >= 15 is 0 Å². The summed E-state index contributed by atoms with van der Waals surface area (Å²) in [6, 6.07) is 7.01. The Morgan fingerprint density at radius 2 is 2.33 bits per heavy atom. The van der Waals surface area contributed by atoms with Crippen LogP contribution in [0.3, 0.4) is 0 Å². The fourth-order valence-corrected chi connectivity index (χ4v) is 2.62. The highest BCUT2D eigenvalue weighted by atomic mass is 16.3. The number of nitrogens with two attached hydrogens (primary N) is 1. The van der Waals surface area contributed by atoms with Gasteiger partial charge >= 0.3 is 0 Å². The largest absolute Gasteiger partial charge is 0.508 e. The minimum absolute atomic E-state index is 0.0976. The van der Waals surface area contributed by atoms with E-state index in [4.69, 9.17) is 5.73 Å². The number of nitrogens with zero attached hydrogens (tertiary/aromatic N) is 1. The molecule has 4 heteroatoms. The summed E-state index contributed by atoms with van der Waals surface area (Å²) < 4.78 is 0. The van der Waals surface area contributed by atoms with Gasteiger partial charge in [0, 0.05) is 19.1 Å². The first-order valence-corrected chi connectivity index (χ1v) is 6.39. The molecule has 1 aromatic rings. The molecule has 3 N–H and O–H groups in total. The zero-order chi connectivity index (χ0) is 13.1. The van der Waals surface area contributed by atoms with Gasteiger partial charge in [0.2, 0.25) is 5.91 Å². The number of carbonyl (C=O) groups excluding carboxylic acids is 1. The van der Waals surface area contributed by atoms with E-state index in [-0.39, 0.29) is 17.7 Å². The predicted octanol–water partition coefficient (Wildman–Crippen LogP) is 1.13. The number of rotatable bonds is 3. The summed E-state index contributed by atoms with van der Waals surface area (Å²) in [5, 5.41) is 9.39. The Morgan fingerprint density at radius 3 is 3.00 bits per heavy atom. The van der Waals surface area contributed by atoms with Crippen molar-refractivity contribution < 1.29 is 9.90 Å². The summed E-state index contributed by atoms with van der Waals surface area (Å²) in [4.78, 5) is 14.1. The third kappa shape index (κ3) is 2.64. The van der Waals surface area contributed by atoms with Crippen LogP contribution >= 0.6 is 0 Å². The van der Waals surface area contributed by atoms with Crippen LogP contribution in [0.2, 0.25) is 0 Å². The highest BCUT2D eigenvalue weighted by molar-refractivity contribution is 5.79. The summed E-state index contributed by atoms with van der Waals surface area (Å²) in [5.41, 5.74) is 6.58. The molecule has 1 heterocycles. The summed E-state index contributed by atoms with van der Waals surface area (Å²) in [5.74, 6) is 0.772. The van der Waals surface area contributed by atoms with Gasteiger partial charge in [-0.3, -0.25) is 4.79 Å². The van der Waals surface area contributed by atoms with Crippen LogP contribution in [0.4, 0.5) is 0 Å². The molecule has 4 nitrogen and oxygen atoms in total. The third-order valence-electron chi connectivity index (χ3n) is 3.71. The molecule has 1 saturated heterocycles. The van der Waals surface area contributed by atoms with Gasteiger partial charge in [0.05, 0.1) is 6.42 Å². The summed E-state index contributed by atoms with van der Waals surface area (Å²) in [6.07, 6.45) is 1.35. The van der Waals surface area contributed by atoms with Crippen molar-refractivity contribution in [1.82, 2.24) is 4.90 Å². The molecule has 2 atom stereocenters. The Hall–Kier alpha value is -1.55. The fourth-order valence-electron chi connectivity index (χ4n) is 2.62. The molecular weight excluding hydrogens is 228 g/mol. The van der Waals surface area contributed by atoms with E-state index in [9.17, 15) is 9.90 Å². The normalized spacial score (nSPS) is 23.3. The lowest BCUT2D eigenvalue weighted by atomic mass is 10.0. The minimum atomic E-state index is 0.0976. The van der Waals surface area contributed by atoms with Gasteiger partial charge in [-0.25, -0.2) is 0 Å². The van der Waals surface area contributed by atoms with Crippen LogP contribution in [0.15, 0.2) is 24.3 Å². The van der Waals surface area contributed by atoms with Gasteiger partial charge in [-0.2, -0.15) is 0 Å². The van der Waals surface area contributed by atoms with Gasteiger partial charge in [0.1, 0.15) is 5.75 Å². The number of amides is 1. The number of hydrogen-bond acceptors (Lipinski definition) is 3. The molecular formula is C14H20N2O2. The van der Waals surface area contributed by atoms with Crippen molar-refractivity contribution in [2.45, 2.75) is 25.8 Å². The first-order valence-electron chi connectivity index (χ1n) is 6.39. The van der Waals surface area contributed by atoms with Crippen molar-refractivity contribution in [2.75, 3.05) is 13.1 Å². The lowest BCUT2D eigenvalue weighted by Crippen LogP contribution is -2.42. The van der Waals surface area contributed by atoms with Gasteiger partial charge in [-0.05, 0) is 30.0 Å². The maximum atomic E-state index is 12.2. The van der Waals surface area contributed by atoms with Crippen molar-refractivity contribution in [3.63, 3.8) is 0 Å². The average Bonchev–Trinajstić information content (AvgIpc) is 2.70. The molecule has 1 fully saturated rings. The van der Waals surface area contributed by atoms with E-state index in [2.05, 4.69) is 6.92 Å². The predicted molar refractivity (Wildman–Crippen MR) is 70.1 cm³/mol. The molecule has 18 heavy (non-hydrogen) atoms. The lowest BCUT2D eigenvalue weighted by Gasteiger charge is -2.25. The molecule has 2 rings (SSSR count). The molecule has 0 spiro atoms. The van der Waals surface area contributed by atoms with Crippen molar-refractivity contribution >= 4 is 5.91 Å². The van der Waals surface area contributed by atoms with Gasteiger partial charge < -0.3 is 15.7 Å². The van der Waals surface area contributed by atoms with Crippen molar-refractivity contribution in [2.24, 2.45) is 11.7 Å². The molecule has 0 bridgehead atoms. The maximum absolute atomic E-state index is 12.2. The van der Waals surface area contributed by atoms with Gasteiger partial charge in [0.15, 0.2) is 0 Å².